The molecule has 1 amide bonds. The summed E-state index contributed by atoms with van der Waals surface area (Å²) in [6.45, 7) is 2.05. The van der Waals surface area contributed by atoms with Crippen LogP contribution >= 0.6 is 11.3 Å². The van der Waals surface area contributed by atoms with Crippen LogP contribution in [0.1, 0.15) is 47.0 Å². The highest BCUT2D eigenvalue weighted by atomic mass is 32.1. The molecule has 0 spiro atoms. The predicted octanol–water partition coefficient (Wildman–Crippen LogP) is 3.62. The van der Waals surface area contributed by atoms with Crippen LogP contribution in [0.4, 0.5) is 0 Å². The van der Waals surface area contributed by atoms with Gasteiger partial charge < -0.3 is 10.4 Å². The molecule has 126 valence electrons. The topological polar surface area (TPSA) is 66.4 Å². The molecule has 1 aliphatic carbocycles. The number of carboxylic acids is 1. The van der Waals surface area contributed by atoms with E-state index in [9.17, 15) is 9.59 Å². The second-order valence-electron chi connectivity index (χ2n) is 6.40. The highest BCUT2D eigenvalue weighted by Crippen LogP contribution is 2.46. The average Bonchev–Trinajstić information content (AvgIpc) is 2.94. The molecule has 2 N–H and O–H groups in total. The first-order chi connectivity index (χ1) is 11.5. The Balaban J connectivity index is 1.77. The summed E-state index contributed by atoms with van der Waals surface area (Å²) in [6.07, 6.45) is 3.17. The lowest BCUT2D eigenvalue weighted by Crippen LogP contribution is -2.52. The van der Waals surface area contributed by atoms with E-state index in [1.807, 2.05) is 25.1 Å². The molecule has 1 aromatic carbocycles. The lowest BCUT2D eigenvalue weighted by molar-refractivity contribution is -0.136. The van der Waals surface area contributed by atoms with E-state index in [0.717, 1.165) is 19.3 Å². The smallest absolute Gasteiger partial charge is 0.308 e. The zero-order valence-corrected chi connectivity index (χ0v) is 14.4. The number of amides is 1. The van der Waals surface area contributed by atoms with Crippen LogP contribution in [0.2, 0.25) is 0 Å². The van der Waals surface area contributed by atoms with Crippen LogP contribution in [0.15, 0.2) is 41.8 Å². The Morgan fingerprint density at radius 2 is 1.96 bits per heavy atom. The van der Waals surface area contributed by atoms with Gasteiger partial charge in [0, 0.05) is 16.3 Å². The highest BCUT2D eigenvalue weighted by molar-refractivity contribution is 7.10. The Hall–Kier alpha value is -2.14. The fraction of sp³-hybridized carbons (Fsp3) is 0.368. The van der Waals surface area contributed by atoms with Crippen molar-refractivity contribution in [1.29, 1.82) is 0 Å². The Bertz CT molecular complexity index is 734. The maximum atomic E-state index is 12.6. The fourth-order valence-corrected chi connectivity index (χ4v) is 4.39. The second kappa shape index (κ2) is 6.77. The number of benzene rings is 1. The Kier molecular flexibility index (Phi) is 4.71. The van der Waals surface area contributed by atoms with Gasteiger partial charge in [0.25, 0.3) is 5.91 Å². The average molecular weight is 343 g/mol. The number of carbonyl (C=O) groups is 2. The minimum Gasteiger partial charge on any atom is -0.481 e. The molecule has 5 heteroatoms. The van der Waals surface area contributed by atoms with Gasteiger partial charge in [-0.3, -0.25) is 9.59 Å². The molecule has 0 saturated heterocycles. The lowest BCUT2D eigenvalue weighted by atomic mass is 9.60. The van der Waals surface area contributed by atoms with Crippen molar-refractivity contribution >= 4 is 23.2 Å². The third-order valence-electron chi connectivity index (χ3n) is 5.07. The number of hydrogen-bond donors (Lipinski definition) is 2. The maximum Gasteiger partial charge on any atom is 0.308 e. The zero-order valence-electron chi connectivity index (χ0n) is 13.6. The zero-order chi connectivity index (χ0) is 17.2. The quantitative estimate of drug-likeness (QED) is 0.842. The first-order valence-corrected chi connectivity index (χ1v) is 9.05. The van der Waals surface area contributed by atoms with Crippen LogP contribution in [0.5, 0.6) is 0 Å². The third-order valence-corrected chi connectivity index (χ3v) is 5.99. The van der Waals surface area contributed by atoms with E-state index in [4.69, 9.17) is 5.11 Å². The van der Waals surface area contributed by atoms with Crippen molar-refractivity contribution in [1.82, 2.24) is 5.32 Å². The van der Waals surface area contributed by atoms with Crippen LogP contribution in [0.3, 0.4) is 0 Å². The van der Waals surface area contributed by atoms with Gasteiger partial charge in [-0.1, -0.05) is 36.8 Å². The normalized spacial score (nSPS) is 16.9. The number of thiophene rings is 1. The van der Waals surface area contributed by atoms with Crippen molar-refractivity contribution in [3.8, 4) is 0 Å². The molecule has 0 aliphatic heterocycles. The fourth-order valence-electron chi connectivity index (χ4n) is 3.53. The van der Waals surface area contributed by atoms with Gasteiger partial charge in [0.15, 0.2) is 0 Å². The van der Waals surface area contributed by atoms with Crippen molar-refractivity contribution in [3.63, 3.8) is 0 Å². The summed E-state index contributed by atoms with van der Waals surface area (Å²) in [5.41, 5.74) is 1.73. The number of carboxylic acid groups (broad SMARTS) is 1. The molecule has 0 bridgehead atoms. The van der Waals surface area contributed by atoms with E-state index >= 15 is 0 Å². The van der Waals surface area contributed by atoms with E-state index in [-0.39, 0.29) is 23.8 Å². The van der Waals surface area contributed by atoms with Crippen LogP contribution in [-0.4, -0.2) is 23.0 Å². The van der Waals surface area contributed by atoms with Crippen molar-refractivity contribution in [2.75, 3.05) is 0 Å². The van der Waals surface area contributed by atoms with Gasteiger partial charge in [0.2, 0.25) is 0 Å². The number of nitrogens with one attached hydrogen (secondary N) is 1. The van der Waals surface area contributed by atoms with Crippen LogP contribution in [0.25, 0.3) is 0 Å². The molecule has 1 saturated carbocycles. The number of carbonyl (C=O) groups excluding carboxylic acids is 1. The molecule has 3 rings (SSSR count). The van der Waals surface area contributed by atoms with Gasteiger partial charge in [0.05, 0.1) is 12.0 Å². The molecule has 1 aliphatic rings. The first kappa shape index (κ1) is 16.7. The summed E-state index contributed by atoms with van der Waals surface area (Å²) >= 11 is 1.32. The summed E-state index contributed by atoms with van der Waals surface area (Å²) in [5.74, 6) is -1.10. The van der Waals surface area contributed by atoms with E-state index in [1.165, 1.54) is 16.9 Å². The van der Waals surface area contributed by atoms with Crippen LogP contribution in [0, 0.1) is 0 Å². The molecule has 1 unspecified atom stereocenters. The Morgan fingerprint density at radius 3 is 2.54 bits per heavy atom. The molecule has 1 aromatic heterocycles. The van der Waals surface area contributed by atoms with E-state index in [1.54, 1.807) is 11.4 Å². The van der Waals surface area contributed by atoms with Crippen molar-refractivity contribution in [3.05, 3.63) is 57.8 Å². The summed E-state index contributed by atoms with van der Waals surface area (Å²) in [4.78, 5) is 24.2. The molecular weight excluding hydrogens is 322 g/mol. The van der Waals surface area contributed by atoms with Crippen molar-refractivity contribution < 1.29 is 14.7 Å². The SMILES string of the molecule is CC(NC(=O)c1ccsc1CC(=O)O)C1(c2ccccc2)CCC1. The Morgan fingerprint density at radius 1 is 1.25 bits per heavy atom. The molecule has 0 radical (unpaired) electrons. The third kappa shape index (κ3) is 3.08. The van der Waals surface area contributed by atoms with Gasteiger partial charge in [0.1, 0.15) is 0 Å². The molecule has 24 heavy (non-hydrogen) atoms. The van der Waals surface area contributed by atoms with Gasteiger partial charge in [-0.25, -0.2) is 0 Å². The molecule has 4 nitrogen and oxygen atoms in total. The van der Waals surface area contributed by atoms with Crippen molar-refractivity contribution in [2.45, 2.75) is 44.1 Å². The first-order valence-electron chi connectivity index (χ1n) is 8.17. The Labute approximate surface area is 145 Å². The molecule has 1 fully saturated rings. The molecule has 1 heterocycles. The molecule has 1 atom stereocenters. The van der Waals surface area contributed by atoms with Crippen LogP contribution < -0.4 is 5.32 Å². The summed E-state index contributed by atoms with van der Waals surface area (Å²) < 4.78 is 0. The lowest BCUT2D eigenvalue weighted by Gasteiger charge is -2.47. The van der Waals surface area contributed by atoms with Crippen molar-refractivity contribution in [2.24, 2.45) is 0 Å². The highest BCUT2D eigenvalue weighted by Gasteiger charge is 2.44. The largest absolute Gasteiger partial charge is 0.481 e. The predicted molar refractivity (Wildman–Crippen MR) is 94.6 cm³/mol. The van der Waals surface area contributed by atoms with Gasteiger partial charge in [-0.05, 0) is 36.8 Å². The number of aliphatic carboxylic acids is 1. The van der Waals surface area contributed by atoms with Gasteiger partial charge in [-0.2, -0.15) is 0 Å². The minimum atomic E-state index is -0.917. The van der Waals surface area contributed by atoms with E-state index < -0.39 is 5.97 Å². The molecule has 2 aromatic rings. The summed E-state index contributed by atoms with van der Waals surface area (Å²) in [5, 5.41) is 13.9. The van der Waals surface area contributed by atoms with E-state index in [0.29, 0.717) is 10.4 Å². The van der Waals surface area contributed by atoms with Gasteiger partial charge in [-0.15, -0.1) is 11.3 Å². The summed E-state index contributed by atoms with van der Waals surface area (Å²) in [7, 11) is 0. The minimum absolute atomic E-state index is 0.00118. The standard InChI is InChI=1S/C19H21NO3S/c1-13(19(9-5-10-19)14-6-3-2-4-7-14)20-18(23)15-8-11-24-16(15)12-17(21)22/h2-4,6-8,11,13H,5,9-10,12H2,1H3,(H,20,23)(H,21,22). The molecular formula is C19H21NO3S. The monoisotopic (exact) mass is 343 g/mol. The van der Waals surface area contributed by atoms with E-state index in [2.05, 4.69) is 17.4 Å². The maximum absolute atomic E-state index is 12.6. The number of rotatable bonds is 6. The second-order valence-corrected chi connectivity index (χ2v) is 7.40. The summed E-state index contributed by atoms with van der Waals surface area (Å²) in [6, 6.07) is 12.0. The number of hydrogen-bond acceptors (Lipinski definition) is 3. The van der Waals surface area contributed by atoms with Crippen LogP contribution in [-0.2, 0) is 16.6 Å². The van der Waals surface area contributed by atoms with Gasteiger partial charge >= 0.3 is 5.97 Å².